The third-order valence-electron chi connectivity index (χ3n) is 4.95. The summed E-state index contributed by atoms with van der Waals surface area (Å²) in [5.74, 6) is 0.901. The first-order valence-electron chi connectivity index (χ1n) is 8.81. The molecule has 2 fully saturated rings. The lowest BCUT2D eigenvalue weighted by Gasteiger charge is -2.30. The van der Waals surface area contributed by atoms with Crippen molar-refractivity contribution in [3.63, 3.8) is 0 Å². The Bertz CT molecular complexity index is 566. The summed E-state index contributed by atoms with van der Waals surface area (Å²) in [6, 6.07) is 5.29. The average molecular weight is 317 g/mol. The van der Waals surface area contributed by atoms with Crippen LogP contribution < -0.4 is 5.32 Å². The summed E-state index contributed by atoms with van der Waals surface area (Å²) in [7, 11) is 0. The number of hydrogen-bond donors (Lipinski definition) is 2. The van der Waals surface area contributed by atoms with Gasteiger partial charge in [0.2, 0.25) is 0 Å². The molecule has 0 spiro atoms. The maximum Gasteiger partial charge on any atom is 0.255 e. The Kier molecular flexibility index (Phi) is 4.90. The quantitative estimate of drug-likeness (QED) is 0.872. The number of hydrogen-bond acceptors (Lipinski definition) is 3. The van der Waals surface area contributed by atoms with Crippen molar-refractivity contribution in [2.45, 2.75) is 64.1 Å². The summed E-state index contributed by atoms with van der Waals surface area (Å²) in [4.78, 5) is 12.3. The number of nitrogens with one attached hydrogen (secondary N) is 1. The summed E-state index contributed by atoms with van der Waals surface area (Å²) in [6.45, 7) is 4.64. The van der Waals surface area contributed by atoms with E-state index in [2.05, 4.69) is 19.2 Å². The molecule has 1 heterocycles. The van der Waals surface area contributed by atoms with Gasteiger partial charge in [0.25, 0.3) is 5.91 Å². The van der Waals surface area contributed by atoms with Crippen molar-refractivity contribution in [3.05, 3.63) is 29.3 Å². The molecule has 0 bridgehead atoms. The third-order valence-corrected chi connectivity index (χ3v) is 4.95. The molecule has 0 aromatic heterocycles. The topological polar surface area (TPSA) is 58.6 Å². The van der Waals surface area contributed by atoms with Crippen LogP contribution in [0.2, 0.25) is 0 Å². The van der Waals surface area contributed by atoms with Gasteiger partial charge < -0.3 is 15.2 Å². The van der Waals surface area contributed by atoms with E-state index < -0.39 is 0 Å². The van der Waals surface area contributed by atoms with E-state index in [-0.39, 0.29) is 17.8 Å². The zero-order valence-corrected chi connectivity index (χ0v) is 14.0. The zero-order chi connectivity index (χ0) is 16.4. The van der Waals surface area contributed by atoms with Crippen molar-refractivity contribution in [1.29, 1.82) is 0 Å². The molecule has 23 heavy (non-hydrogen) atoms. The fraction of sp³-hybridized carbons (Fsp3) is 0.632. The van der Waals surface area contributed by atoms with Gasteiger partial charge in [0.1, 0.15) is 5.75 Å². The van der Waals surface area contributed by atoms with Crippen LogP contribution in [0.1, 0.15) is 67.8 Å². The van der Waals surface area contributed by atoms with E-state index in [0.29, 0.717) is 24.1 Å². The molecule has 1 aliphatic carbocycles. The van der Waals surface area contributed by atoms with E-state index >= 15 is 0 Å². The van der Waals surface area contributed by atoms with Crippen molar-refractivity contribution >= 4 is 5.91 Å². The molecule has 2 N–H and O–H groups in total. The van der Waals surface area contributed by atoms with Gasteiger partial charge in [0, 0.05) is 6.54 Å². The molecule has 126 valence electrons. The second kappa shape index (κ2) is 6.91. The number of aromatic hydroxyl groups is 1. The Morgan fingerprint density at radius 3 is 2.74 bits per heavy atom. The first-order chi connectivity index (χ1) is 11.0. The minimum atomic E-state index is -0.227. The minimum Gasteiger partial charge on any atom is -0.507 e. The summed E-state index contributed by atoms with van der Waals surface area (Å²) in [5.41, 5.74) is 1.37. The number of ether oxygens (including phenoxy) is 1. The van der Waals surface area contributed by atoms with E-state index in [9.17, 15) is 9.90 Å². The third kappa shape index (κ3) is 4.05. The fourth-order valence-electron chi connectivity index (χ4n) is 3.30. The maximum absolute atomic E-state index is 12.3. The first kappa shape index (κ1) is 16.3. The SMILES string of the molecule is CC(C)c1ccc(C(=O)NCC2CCCC(C3CC3)O2)c(O)c1. The van der Waals surface area contributed by atoms with Crippen LogP contribution in [0.5, 0.6) is 5.75 Å². The number of carbonyl (C=O) groups excluding carboxylic acids is 1. The molecule has 1 aromatic rings. The second-order valence-corrected chi connectivity index (χ2v) is 7.21. The molecule has 0 radical (unpaired) electrons. The molecule has 1 aliphatic heterocycles. The molecule has 2 atom stereocenters. The van der Waals surface area contributed by atoms with E-state index in [1.54, 1.807) is 12.1 Å². The van der Waals surface area contributed by atoms with Crippen LogP contribution in [-0.4, -0.2) is 29.8 Å². The molecule has 2 aliphatic rings. The zero-order valence-electron chi connectivity index (χ0n) is 14.0. The van der Waals surface area contributed by atoms with Gasteiger partial charge in [-0.15, -0.1) is 0 Å². The van der Waals surface area contributed by atoms with Gasteiger partial charge >= 0.3 is 0 Å². The summed E-state index contributed by atoms with van der Waals surface area (Å²) < 4.78 is 6.10. The van der Waals surface area contributed by atoms with Gasteiger partial charge in [-0.05, 0) is 61.6 Å². The van der Waals surface area contributed by atoms with Gasteiger partial charge in [0.15, 0.2) is 0 Å². The van der Waals surface area contributed by atoms with Crippen molar-refractivity contribution in [1.82, 2.24) is 5.32 Å². The van der Waals surface area contributed by atoms with Gasteiger partial charge in [-0.3, -0.25) is 4.79 Å². The highest BCUT2D eigenvalue weighted by Crippen LogP contribution is 2.39. The number of phenols is 1. The van der Waals surface area contributed by atoms with Crippen LogP contribution in [0.3, 0.4) is 0 Å². The molecular formula is C19H27NO3. The van der Waals surface area contributed by atoms with Crippen molar-refractivity contribution in [2.75, 3.05) is 6.54 Å². The lowest BCUT2D eigenvalue weighted by atomic mass is 10.00. The standard InChI is InChI=1S/C19H27NO3/c1-12(2)14-8-9-16(17(21)10-14)19(22)20-11-15-4-3-5-18(23-15)13-6-7-13/h8-10,12-13,15,18,21H,3-7,11H2,1-2H3,(H,20,22). The summed E-state index contributed by atoms with van der Waals surface area (Å²) >= 11 is 0. The lowest BCUT2D eigenvalue weighted by molar-refractivity contribution is -0.0575. The number of benzene rings is 1. The van der Waals surface area contributed by atoms with Crippen LogP contribution in [-0.2, 0) is 4.74 Å². The fourth-order valence-corrected chi connectivity index (χ4v) is 3.30. The number of carbonyl (C=O) groups is 1. The van der Waals surface area contributed by atoms with Gasteiger partial charge in [0.05, 0.1) is 17.8 Å². The van der Waals surface area contributed by atoms with Crippen molar-refractivity contribution < 1.29 is 14.6 Å². The minimum absolute atomic E-state index is 0.0501. The average Bonchev–Trinajstić information content (AvgIpc) is 3.37. The highest BCUT2D eigenvalue weighted by molar-refractivity contribution is 5.96. The molecule has 4 nitrogen and oxygen atoms in total. The monoisotopic (exact) mass is 317 g/mol. The molecule has 4 heteroatoms. The molecular weight excluding hydrogens is 290 g/mol. The van der Waals surface area contributed by atoms with Gasteiger partial charge in [-0.25, -0.2) is 0 Å². The lowest BCUT2D eigenvalue weighted by Crippen LogP contribution is -2.38. The maximum atomic E-state index is 12.3. The normalized spacial score (nSPS) is 24.7. The number of rotatable bonds is 5. The Morgan fingerprint density at radius 1 is 1.30 bits per heavy atom. The van der Waals surface area contributed by atoms with Crippen LogP contribution in [0, 0.1) is 5.92 Å². The molecule has 1 aromatic carbocycles. The molecule has 1 saturated carbocycles. The molecule has 3 rings (SSSR count). The predicted octanol–water partition coefficient (Wildman–Crippen LogP) is 3.59. The van der Waals surface area contributed by atoms with Crippen LogP contribution >= 0.6 is 0 Å². The summed E-state index contributed by atoms with van der Waals surface area (Å²) in [5, 5.41) is 13.0. The van der Waals surface area contributed by atoms with E-state index in [1.165, 1.54) is 19.3 Å². The smallest absolute Gasteiger partial charge is 0.255 e. The van der Waals surface area contributed by atoms with Crippen molar-refractivity contribution in [3.8, 4) is 5.75 Å². The van der Waals surface area contributed by atoms with E-state index in [4.69, 9.17) is 4.74 Å². The molecule has 1 saturated heterocycles. The van der Waals surface area contributed by atoms with Crippen LogP contribution in [0.4, 0.5) is 0 Å². The Balaban J connectivity index is 1.54. The van der Waals surface area contributed by atoms with E-state index in [0.717, 1.165) is 24.3 Å². The first-order valence-corrected chi connectivity index (χ1v) is 8.81. The highest BCUT2D eigenvalue weighted by Gasteiger charge is 2.35. The molecule has 1 amide bonds. The van der Waals surface area contributed by atoms with E-state index in [1.807, 2.05) is 6.07 Å². The highest BCUT2D eigenvalue weighted by atomic mass is 16.5. The van der Waals surface area contributed by atoms with Crippen LogP contribution in [0.15, 0.2) is 18.2 Å². The Hall–Kier alpha value is -1.55. The number of phenolic OH excluding ortho intramolecular Hbond substituents is 1. The second-order valence-electron chi connectivity index (χ2n) is 7.21. The van der Waals surface area contributed by atoms with Gasteiger partial charge in [-0.1, -0.05) is 19.9 Å². The largest absolute Gasteiger partial charge is 0.507 e. The van der Waals surface area contributed by atoms with Crippen molar-refractivity contribution in [2.24, 2.45) is 5.92 Å². The molecule has 2 unspecified atom stereocenters. The van der Waals surface area contributed by atoms with Gasteiger partial charge in [-0.2, -0.15) is 0 Å². The Morgan fingerprint density at radius 2 is 2.09 bits per heavy atom. The predicted molar refractivity (Wildman–Crippen MR) is 89.8 cm³/mol. The van der Waals surface area contributed by atoms with Crippen LogP contribution in [0.25, 0.3) is 0 Å². The Labute approximate surface area is 138 Å². The summed E-state index contributed by atoms with van der Waals surface area (Å²) in [6.07, 6.45) is 6.42. The number of amides is 1.